The van der Waals surface area contributed by atoms with Gasteiger partial charge in [0.1, 0.15) is 6.04 Å². The van der Waals surface area contributed by atoms with Crippen molar-refractivity contribution in [3.05, 3.63) is 28.2 Å². The van der Waals surface area contributed by atoms with Crippen LogP contribution in [0, 0.1) is 6.92 Å². The lowest BCUT2D eigenvalue weighted by atomic mass is 10.1. The van der Waals surface area contributed by atoms with Crippen molar-refractivity contribution in [2.75, 3.05) is 11.9 Å². The molecule has 114 valence electrons. The summed E-state index contributed by atoms with van der Waals surface area (Å²) in [7, 11) is 0. The molecular formula is C15H19BrN2O3. The number of aliphatic carboxylic acids is 1. The number of nitrogens with one attached hydrogen (secondary N) is 1. The Hall–Kier alpha value is -1.56. The fourth-order valence-electron chi connectivity index (χ4n) is 2.56. The molecule has 0 aliphatic carbocycles. The fourth-order valence-corrected chi connectivity index (χ4v) is 3.04. The number of carbonyl (C=O) groups is 2. The normalized spacial score (nSPS) is 19.0. The molecule has 5 nitrogen and oxygen atoms in total. The lowest BCUT2D eigenvalue weighted by Crippen LogP contribution is -2.46. The monoisotopic (exact) mass is 354 g/mol. The summed E-state index contributed by atoms with van der Waals surface area (Å²) in [5.41, 5.74) is 1.64. The molecule has 1 aromatic carbocycles. The zero-order valence-corrected chi connectivity index (χ0v) is 13.5. The van der Waals surface area contributed by atoms with Crippen LogP contribution in [-0.2, 0) is 4.79 Å². The molecule has 1 aliphatic rings. The van der Waals surface area contributed by atoms with Gasteiger partial charge in [-0.25, -0.2) is 9.59 Å². The van der Waals surface area contributed by atoms with Gasteiger partial charge in [-0.15, -0.1) is 0 Å². The molecule has 1 aliphatic heterocycles. The van der Waals surface area contributed by atoms with Crippen LogP contribution in [0.25, 0.3) is 0 Å². The van der Waals surface area contributed by atoms with Gasteiger partial charge in [0.25, 0.3) is 0 Å². The van der Waals surface area contributed by atoms with Crippen LogP contribution >= 0.6 is 15.9 Å². The Balaban J connectivity index is 2.14. The predicted molar refractivity (Wildman–Crippen MR) is 84.5 cm³/mol. The Kier molecular flexibility index (Phi) is 5.22. The van der Waals surface area contributed by atoms with Crippen LogP contribution in [0.2, 0.25) is 0 Å². The van der Waals surface area contributed by atoms with E-state index in [2.05, 4.69) is 21.2 Å². The van der Waals surface area contributed by atoms with E-state index in [0.717, 1.165) is 29.3 Å². The number of aryl methyl sites for hydroxylation is 1. The van der Waals surface area contributed by atoms with Gasteiger partial charge in [-0.2, -0.15) is 0 Å². The first-order valence-electron chi connectivity index (χ1n) is 7.05. The van der Waals surface area contributed by atoms with Crippen LogP contribution in [0.15, 0.2) is 22.7 Å². The Labute approximate surface area is 132 Å². The first-order valence-corrected chi connectivity index (χ1v) is 7.85. The Morgan fingerprint density at radius 1 is 1.33 bits per heavy atom. The van der Waals surface area contributed by atoms with Crippen molar-refractivity contribution in [2.45, 2.75) is 38.6 Å². The van der Waals surface area contributed by atoms with Gasteiger partial charge in [0.15, 0.2) is 0 Å². The van der Waals surface area contributed by atoms with Crippen LogP contribution in [0.1, 0.15) is 31.2 Å². The third kappa shape index (κ3) is 3.97. The van der Waals surface area contributed by atoms with Gasteiger partial charge in [0.2, 0.25) is 0 Å². The summed E-state index contributed by atoms with van der Waals surface area (Å²) in [6.45, 7) is 2.38. The summed E-state index contributed by atoms with van der Waals surface area (Å²) in [6, 6.07) is 4.50. The van der Waals surface area contributed by atoms with E-state index in [-0.39, 0.29) is 6.03 Å². The smallest absolute Gasteiger partial charge is 0.326 e. The number of anilines is 1. The second kappa shape index (κ2) is 6.93. The van der Waals surface area contributed by atoms with Gasteiger partial charge >= 0.3 is 12.0 Å². The van der Waals surface area contributed by atoms with Crippen molar-refractivity contribution < 1.29 is 14.7 Å². The number of rotatable bonds is 2. The van der Waals surface area contributed by atoms with Gasteiger partial charge in [0.05, 0.1) is 0 Å². The summed E-state index contributed by atoms with van der Waals surface area (Å²) in [4.78, 5) is 25.2. The van der Waals surface area contributed by atoms with Crippen molar-refractivity contribution >= 4 is 33.6 Å². The summed E-state index contributed by atoms with van der Waals surface area (Å²) >= 11 is 3.38. The van der Waals surface area contributed by atoms with Crippen LogP contribution < -0.4 is 5.32 Å². The molecule has 1 unspecified atom stereocenters. The van der Waals surface area contributed by atoms with E-state index in [1.54, 1.807) is 0 Å². The average molecular weight is 355 g/mol. The van der Waals surface area contributed by atoms with E-state index in [0.29, 0.717) is 18.7 Å². The molecular weight excluding hydrogens is 336 g/mol. The van der Waals surface area contributed by atoms with Gasteiger partial charge in [-0.3, -0.25) is 0 Å². The van der Waals surface area contributed by atoms with Crippen LogP contribution in [0.3, 0.4) is 0 Å². The van der Waals surface area contributed by atoms with E-state index >= 15 is 0 Å². The molecule has 1 saturated heterocycles. The second-order valence-electron chi connectivity index (χ2n) is 5.29. The molecule has 1 heterocycles. The quantitative estimate of drug-likeness (QED) is 0.851. The molecule has 0 aromatic heterocycles. The van der Waals surface area contributed by atoms with E-state index in [1.165, 1.54) is 4.90 Å². The number of carboxylic acids is 1. The number of urea groups is 1. The number of hydrogen-bond donors (Lipinski definition) is 2. The number of benzene rings is 1. The first-order chi connectivity index (χ1) is 9.99. The summed E-state index contributed by atoms with van der Waals surface area (Å²) in [5.74, 6) is -0.931. The van der Waals surface area contributed by atoms with Crippen molar-refractivity contribution in [2.24, 2.45) is 0 Å². The van der Waals surface area contributed by atoms with Crippen molar-refractivity contribution in [1.29, 1.82) is 0 Å². The molecule has 1 aromatic rings. The zero-order chi connectivity index (χ0) is 15.4. The standard InChI is InChI=1S/C15H19BrN2O3/c1-10-9-11(16)6-7-12(10)17-15(21)18-8-4-2-3-5-13(18)14(19)20/h6-7,9,13H,2-5,8H2,1H3,(H,17,21)(H,19,20). The van der Waals surface area contributed by atoms with Gasteiger partial charge < -0.3 is 15.3 Å². The summed E-state index contributed by atoms with van der Waals surface area (Å²) < 4.78 is 0.941. The number of nitrogens with zero attached hydrogens (tertiary/aromatic N) is 1. The molecule has 0 saturated carbocycles. The maximum absolute atomic E-state index is 12.4. The molecule has 21 heavy (non-hydrogen) atoms. The minimum atomic E-state index is -0.931. The lowest BCUT2D eigenvalue weighted by Gasteiger charge is -2.27. The van der Waals surface area contributed by atoms with E-state index in [4.69, 9.17) is 0 Å². The Morgan fingerprint density at radius 2 is 2.10 bits per heavy atom. The number of likely N-dealkylation sites (tertiary alicyclic amines) is 1. The van der Waals surface area contributed by atoms with Gasteiger partial charge in [-0.05, 0) is 43.5 Å². The number of amides is 2. The predicted octanol–water partition coefficient (Wildman–Crippen LogP) is 3.62. The minimum Gasteiger partial charge on any atom is -0.480 e. The summed E-state index contributed by atoms with van der Waals surface area (Å²) in [6.07, 6.45) is 3.17. The van der Waals surface area contributed by atoms with Crippen molar-refractivity contribution in [3.63, 3.8) is 0 Å². The number of halogens is 1. The van der Waals surface area contributed by atoms with E-state index in [1.807, 2.05) is 25.1 Å². The zero-order valence-electron chi connectivity index (χ0n) is 11.9. The molecule has 0 radical (unpaired) electrons. The van der Waals surface area contributed by atoms with E-state index < -0.39 is 12.0 Å². The Morgan fingerprint density at radius 3 is 2.76 bits per heavy atom. The van der Waals surface area contributed by atoms with Gasteiger partial charge in [-0.1, -0.05) is 28.8 Å². The lowest BCUT2D eigenvalue weighted by molar-refractivity contribution is -0.142. The fraction of sp³-hybridized carbons (Fsp3) is 0.467. The third-order valence-corrected chi connectivity index (χ3v) is 4.22. The number of carbonyl (C=O) groups excluding carboxylic acids is 1. The van der Waals surface area contributed by atoms with Crippen LogP contribution in [-0.4, -0.2) is 34.6 Å². The highest BCUT2D eigenvalue weighted by atomic mass is 79.9. The van der Waals surface area contributed by atoms with Crippen LogP contribution in [0.5, 0.6) is 0 Å². The first kappa shape index (κ1) is 15.8. The molecule has 0 spiro atoms. The van der Waals surface area contributed by atoms with Crippen LogP contribution in [0.4, 0.5) is 10.5 Å². The molecule has 2 rings (SSSR count). The van der Waals surface area contributed by atoms with Crippen molar-refractivity contribution in [1.82, 2.24) is 4.90 Å². The molecule has 2 N–H and O–H groups in total. The maximum Gasteiger partial charge on any atom is 0.326 e. The number of carboxylic acid groups (broad SMARTS) is 1. The maximum atomic E-state index is 12.4. The average Bonchev–Trinajstić information content (AvgIpc) is 2.67. The highest BCUT2D eigenvalue weighted by molar-refractivity contribution is 9.10. The largest absolute Gasteiger partial charge is 0.480 e. The Bertz CT molecular complexity index is 548. The molecule has 6 heteroatoms. The second-order valence-corrected chi connectivity index (χ2v) is 6.20. The third-order valence-electron chi connectivity index (χ3n) is 3.73. The minimum absolute atomic E-state index is 0.338. The topological polar surface area (TPSA) is 69.6 Å². The molecule has 0 bridgehead atoms. The summed E-state index contributed by atoms with van der Waals surface area (Å²) in [5, 5.41) is 12.1. The SMILES string of the molecule is Cc1cc(Br)ccc1NC(=O)N1CCCCCC1C(=O)O. The number of hydrogen-bond acceptors (Lipinski definition) is 2. The van der Waals surface area contributed by atoms with E-state index in [9.17, 15) is 14.7 Å². The molecule has 1 fully saturated rings. The molecule has 1 atom stereocenters. The van der Waals surface area contributed by atoms with Crippen molar-refractivity contribution in [3.8, 4) is 0 Å². The highest BCUT2D eigenvalue weighted by Crippen LogP contribution is 2.22. The van der Waals surface area contributed by atoms with Gasteiger partial charge in [0, 0.05) is 16.7 Å². The molecule has 2 amide bonds. The highest BCUT2D eigenvalue weighted by Gasteiger charge is 2.30.